The molecular weight excluding hydrogens is 264 g/mol. The first kappa shape index (κ1) is 22.5. The molecule has 0 atom stereocenters. The van der Waals surface area contributed by atoms with E-state index >= 15 is 0 Å². The zero-order valence-corrected chi connectivity index (χ0v) is 8.74. The molecule has 0 aliphatic heterocycles. The molecule has 0 N–H and O–H groups in total. The van der Waals surface area contributed by atoms with Crippen LogP contribution in [0.15, 0.2) is 0 Å². The Morgan fingerprint density at radius 3 is 1.12 bits per heavy atom. The molecule has 8 heavy (non-hydrogen) atoms. The van der Waals surface area contributed by atoms with Gasteiger partial charge >= 0.3 is 92.5 Å². The van der Waals surface area contributed by atoms with Gasteiger partial charge in [0.05, 0.1) is 0 Å². The summed E-state index contributed by atoms with van der Waals surface area (Å²) in [6.07, 6.45) is 0. The van der Waals surface area contributed by atoms with Gasteiger partial charge in [-0.25, -0.2) is 0 Å². The van der Waals surface area contributed by atoms with Gasteiger partial charge in [0, 0.05) is 0 Å². The Hall–Kier alpha value is 2.05. The summed E-state index contributed by atoms with van der Waals surface area (Å²) >= 11 is -5.62. The van der Waals surface area contributed by atoms with Crippen LogP contribution in [0.25, 0.3) is 0 Å². The van der Waals surface area contributed by atoms with Gasteiger partial charge in [0.25, 0.3) is 0 Å². The summed E-state index contributed by atoms with van der Waals surface area (Å²) in [6.45, 7) is 0. The third-order valence-electron chi connectivity index (χ3n) is 0. The zero-order valence-electron chi connectivity index (χ0n) is 3.63. The second-order valence-electron chi connectivity index (χ2n) is 0.378. The van der Waals surface area contributed by atoms with Crippen molar-refractivity contribution in [3.63, 3.8) is 0 Å². The maximum atomic E-state index is 8.58. The average Bonchev–Trinajstić information content (AvgIpc) is 0.722. The standard InChI is InChI=1S/Cu.Mn.Na.Ni.4O/q+2;;+1;+2;;;2*-1. The predicted molar refractivity (Wildman–Crippen MR) is 1.37 cm³/mol. The van der Waals surface area contributed by atoms with Crippen LogP contribution in [0.5, 0.6) is 0 Å². The van der Waals surface area contributed by atoms with E-state index in [1.807, 2.05) is 0 Å². The van der Waals surface area contributed by atoms with Crippen LogP contribution in [0, 0.1) is 0 Å². The van der Waals surface area contributed by atoms with Crippen molar-refractivity contribution >= 4 is 0 Å². The molecule has 0 amide bonds. The molecule has 0 fully saturated rings. The van der Waals surface area contributed by atoms with Gasteiger partial charge < -0.3 is 0 Å². The van der Waals surface area contributed by atoms with E-state index in [1.165, 1.54) is 0 Å². The van der Waals surface area contributed by atoms with Crippen LogP contribution in [0.4, 0.5) is 0 Å². The normalized spacial score (nSPS) is 7.25. The predicted octanol–water partition coefficient (Wildman–Crippen LogP) is -5.62. The molecule has 0 saturated carbocycles. The Bertz CT molecular complexity index is 99.2. The van der Waals surface area contributed by atoms with Gasteiger partial charge in [-0.2, -0.15) is 0 Å². The van der Waals surface area contributed by atoms with Gasteiger partial charge in [0.15, 0.2) is 0 Å². The van der Waals surface area contributed by atoms with Crippen molar-refractivity contribution in [2.45, 2.75) is 0 Å². The molecule has 0 aliphatic rings. The Kier molecular flexibility index (Phi) is 25.4. The molecule has 0 heterocycles. The van der Waals surface area contributed by atoms with Crippen molar-refractivity contribution in [2.75, 3.05) is 0 Å². The molecule has 0 unspecified atom stereocenters. The molecule has 4 nitrogen and oxygen atoms in total. The van der Waals surface area contributed by atoms with Crippen molar-refractivity contribution in [3.05, 3.63) is 0 Å². The Balaban J connectivity index is -0.0000000267. The fourth-order valence-electron chi connectivity index (χ4n) is 0. The van der Waals surface area contributed by atoms with Crippen LogP contribution < -0.4 is 37.9 Å². The molecule has 0 aromatic heterocycles. The van der Waals surface area contributed by atoms with Gasteiger partial charge in [-0.15, -0.1) is 0 Å². The molecule has 0 saturated heterocycles. The van der Waals surface area contributed by atoms with Crippen molar-refractivity contribution in [3.8, 4) is 0 Å². The van der Waals surface area contributed by atoms with Crippen molar-refractivity contribution < 1.29 is 92.5 Å². The summed E-state index contributed by atoms with van der Waals surface area (Å²) in [6, 6.07) is 0. The van der Waals surface area contributed by atoms with Crippen LogP contribution >= 0.6 is 0 Å². The van der Waals surface area contributed by atoms with E-state index in [0.29, 0.717) is 0 Å². The number of hydrogen-bond acceptors (Lipinski definition) is 4. The van der Waals surface area contributed by atoms with E-state index in [4.69, 9.17) is 16.0 Å². The topological polar surface area (TPSA) is 80.3 Å². The minimum absolute atomic E-state index is 0. The van der Waals surface area contributed by atoms with Gasteiger partial charge in [-0.3, -0.25) is 0 Å². The first-order valence-corrected chi connectivity index (χ1v) is 2.54. The van der Waals surface area contributed by atoms with E-state index < -0.39 is 13.4 Å². The molecule has 50 valence electrons. The molecular formula is CuMnNaNiO4+3. The second kappa shape index (κ2) is 9.05. The van der Waals surface area contributed by atoms with Gasteiger partial charge in [-0.05, 0) is 0 Å². The van der Waals surface area contributed by atoms with Gasteiger partial charge in [-0.1, -0.05) is 0 Å². The third-order valence-corrected chi connectivity index (χ3v) is 0. The SMILES string of the molecule is [Cu+2].[Na+].[Ni+2].[O]=[Mn](=[O])([O-])[O-]. The third kappa shape index (κ3) is 95.1. The average molecular weight is 264 g/mol. The Morgan fingerprint density at radius 2 is 1.12 bits per heavy atom. The first-order chi connectivity index (χ1) is 2.00. The molecule has 0 aromatic rings. The fraction of sp³-hybridized carbons (Fsp3) is 0. The monoisotopic (exact) mass is 263 g/mol. The van der Waals surface area contributed by atoms with Crippen LogP contribution in [0.2, 0.25) is 0 Å². The molecule has 1 radical (unpaired) electrons. The van der Waals surface area contributed by atoms with E-state index in [9.17, 15) is 0 Å². The van der Waals surface area contributed by atoms with E-state index in [0.717, 1.165) is 0 Å². The number of hydrogen-bond donors (Lipinski definition) is 0. The Labute approximate surface area is 91.4 Å². The zero-order chi connectivity index (χ0) is 4.50. The molecule has 0 bridgehead atoms. The van der Waals surface area contributed by atoms with E-state index in [-0.39, 0.29) is 63.1 Å². The van der Waals surface area contributed by atoms with Crippen LogP contribution in [-0.2, 0) is 54.6 Å². The van der Waals surface area contributed by atoms with Crippen molar-refractivity contribution in [2.24, 2.45) is 0 Å². The van der Waals surface area contributed by atoms with Crippen LogP contribution in [0.3, 0.4) is 0 Å². The molecule has 0 rings (SSSR count). The number of rotatable bonds is 0. The fourth-order valence-corrected chi connectivity index (χ4v) is 0. The molecule has 8 heteroatoms. The minimum atomic E-state index is -5.62. The summed E-state index contributed by atoms with van der Waals surface area (Å²) in [5.74, 6) is 0. The molecule has 0 spiro atoms. The molecule has 0 aromatic carbocycles. The van der Waals surface area contributed by atoms with Gasteiger partial charge in [0.2, 0.25) is 0 Å². The summed E-state index contributed by atoms with van der Waals surface area (Å²) in [5.41, 5.74) is 0. The van der Waals surface area contributed by atoms with Crippen LogP contribution in [-0.4, -0.2) is 0 Å². The van der Waals surface area contributed by atoms with Crippen molar-refractivity contribution in [1.82, 2.24) is 0 Å². The summed E-state index contributed by atoms with van der Waals surface area (Å²) in [5, 5.41) is 0. The maximum absolute atomic E-state index is 8.58. The van der Waals surface area contributed by atoms with E-state index in [2.05, 4.69) is 0 Å². The second-order valence-corrected chi connectivity index (χ2v) is 1.56. The first-order valence-electron chi connectivity index (χ1n) is 0.617. The van der Waals surface area contributed by atoms with E-state index in [1.54, 1.807) is 0 Å². The van der Waals surface area contributed by atoms with Crippen LogP contribution in [0.1, 0.15) is 0 Å². The van der Waals surface area contributed by atoms with Gasteiger partial charge in [0.1, 0.15) is 0 Å². The Morgan fingerprint density at radius 1 is 1.12 bits per heavy atom. The molecule has 0 aliphatic carbocycles. The van der Waals surface area contributed by atoms with Crippen molar-refractivity contribution in [1.29, 1.82) is 0 Å². The summed E-state index contributed by atoms with van der Waals surface area (Å²) in [4.78, 5) is 0. The summed E-state index contributed by atoms with van der Waals surface area (Å²) in [7, 11) is 0. The summed E-state index contributed by atoms with van der Waals surface area (Å²) < 4.78 is 34.3. The quantitative estimate of drug-likeness (QED) is 0.409.